The number of para-hydroxylation sites is 1. The molecule has 13 rings (SSSR count). The van der Waals surface area contributed by atoms with E-state index in [0.29, 0.717) is 0 Å². The van der Waals surface area contributed by atoms with Crippen molar-refractivity contribution >= 4 is 17.1 Å². The monoisotopic (exact) mass is 841 g/mol. The minimum Gasteiger partial charge on any atom is -0.310 e. The van der Waals surface area contributed by atoms with Gasteiger partial charge >= 0.3 is 0 Å². The Bertz CT molecular complexity index is 3500. The molecule has 10 aromatic carbocycles. The van der Waals surface area contributed by atoms with Crippen LogP contribution in [0.3, 0.4) is 0 Å². The third kappa shape index (κ3) is 5.17. The summed E-state index contributed by atoms with van der Waals surface area (Å²) in [6, 6.07) is 93.5. The molecule has 1 nitrogen and oxygen atoms in total. The molecule has 0 heterocycles. The minimum atomic E-state index is -0.728. The van der Waals surface area contributed by atoms with Crippen LogP contribution < -0.4 is 4.90 Å². The van der Waals surface area contributed by atoms with Crippen LogP contribution in [0.15, 0.2) is 249 Å². The van der Waals surface area contributed by atoms with Crippen molar-refractivity contribution in [2.24, 2.45) is 0 Å². The minimum absolute atomic E-state index is 0.168. The zero-order chi connectivity index (χ0) is 44.0. The van der Waals surface area contributed by atoms with Crippen LogP contribution >= 0.6 is 0 Å². The van der Waals surface area contributed by atoms with Gasteiger partial charge in [-0.15, -0.1) is 0 Å². The summed E-state index contributed by atoms with van der Waals surface area (Å²) >= 11 is 0. The number of benzene rings is 10. The Morgan fingerprint density at radius 3 is 1.42 bits per heavy atom. The van der Waals surface area contributed by atoms with Crippen LogP contribution in [0.5, 0.6) is 0 Å². The average Bonchev–Trinajstić information content (AvgIpc) is 3.82. The quantitative estimate of drug-likeness (QED) is 0.155. The number of nitrogens with zero attached hydrogens (tertiary/aromatic N) is 1. The van der Waals surface area contributed by atoms with E-state index >= 15 is 0 Å². The zero-order valence-corrected chi connectivity index (χ0v) is 37.1. The first-order valence-corrected chi connectivity index (χ1v) is 23.3. The molecule has 3 aliphatic rings. The highest BCUT2D eigenvalue weighted by Crippen LogP contribution is 2.66. The Hall–Kier alpha value is -8.00. The second kappa shape index (κ2) is 14.5. The van der Waals surface area contributed by atoms with Crippen molar-refractivity contribution in [3.63, 3.8) is 0 Å². The highest BCUT2D eigenvalue weighted by atomic mass is 15.1. The van der Waals surface area contributed by atoms with E-state index in [1.807, 2.05) is 0 Å². The molecule has 312 valence electrons. The van der Waals surface area contributed by atoms with Crippen LogP contribution in [-0.2, 0) is 16.2 Å². The van der Waals surface area contributed by atoms with Crippen molar-refractivity contribution in [1.29, 1.82) is 0 Å². The molecular weight excluding hydrogens is 795 g/mol. The van der Waals surface area contributed by atoms with E-state index in [4.69, 9.17) is 0 Å². The molecule has 1 heteroatoms. The van der Waals surface area contributed by atoms with Crippen LogP contribution in [0.2, 0.25) is 0 Å². The predicted molar refractivity (Wildman–Crippen MR) is 273 cm³/mol. The van der Waals surface area contributed by atoms with Gasteiger partial charge in [-0.1, -0.05) is 232 Å². The maximum atomic E-state index is 2.54. The lowest BCUT2D eigenvalue weighted by molar-refractivity contribution is 0.627. The molecule has 0 radical (unpaired) electrons. The summed E-state index contributed by atoms with van der Waals surface area (Å²) in [5.74, 6) is 0. The zero-order valence-electron chi connectivity index (χ0n) is 37.1. The van der Waals surface area contributed by atoms with E-state index in [0.717, 1.165) is 17.1 Å². The molecule has 66 heavy (non-hydrogen) atoms. The summed E-state index contributed by atoms with van der Waals surface area (Å²) in [6.45, 7) is 4.76. The third-order valence-electron chi connectivity index (χ3n) is 15.2. The fourth-order valence-corrected chi connectivity index (χ4v) is 12.5. The molecule has 0 N–H and O–H groups in total. The first-order chi connectivity index (χ1) is 32.5. The summed E-state index contributed by atoms with van der Waals surface area (Å²) in [5.41, 5.74) is 22.7. The first kappa shape index (κ1) is 38.5. The summed E-state index contributed by atoms with van der Waals surface area (Å²) in [7, 11) is 0. The van der Waals surface area contributed by atoms with E-state index in [1.54, 1.807) is 0 Å². The summed E-state index contributed by atoms with van der Waals surface area (Å²) in [6.07, 6.45) is 0. The van der Waals surface area contributed by atoms with E-state index in [-0.39, 0.29) is 5.41 Å². The van der Waals surface area contributed by atoms with Crippen LogP contribution in [0.1, 0.15) is 69.5 Å². The van der Waals surface area contributed by atoms with E-state index in [2.05, 4.69) is 267 Å². The van der Waals surface area contributed by atoms with Crippen molar-refractivity contribution in [3.05, 3.63) is 304 Å². The molecule has 0 amide bonds. The number of anilines is 3. The standard InChI is InChI=1S/C65H47N/c1-63(2)54-30-14-12-27-50(54)52-42-41-49(43-60(52)63)66(48-39-37-45(38-40-48)44-21-6-3-7-22-44)61-36-19-18-34-58(61)64(46-23-8-4-9-24-46)56-32-16-17-33-57(56)65(47-25-10-5-11-26-47)55-31-15-13-28-51(55)53-29-20-35-59(64)62(53)65/h3-43H,1-2H3. The van der Waals surface area contributed by atoms with Crippen molar-refractivity contribution < 1.29 is 0 Å². The number of hydrogen-bond donors (Lipinski definition) is 0. The third-order valence-corrected chi connectivity index (χ3v) is 15.2. The van der Waals surface area contributed by atoms with Gasteiger partial charge in [0, 0.05) is 16.8 Å². The Balaban J connectivity index is 1.14. The van der Waals surface area contributed by atoms with Crippen molar-refractivity contribution in [2.45, 2.75) is 30.1 Å². The lowest BCUT2D eigenvalue weighted by Gasteiger charge is -2.50. The van der Waals surface area contributed by atoms with Gasteiger partial charge in [-0.2, -0.15) is 0 Å². The Labute approximate surface area is 388 Å². The second-order valence-corrected chi connectivity index (χ2v) is 18.7. The molecule has 3 aliphatic carbocycles. The Morgan fingerprint density at radius 1 is 0.288 bits per heavy atom. The molecule has 2 atom stereocenters. The van der Waals surface area contributed by atoms with Crippen LogP contribution in [-0.4, -0.2) is 0 Å². The fourth-order valence-electron chi connectivity index (χ4n) is 12.5. The Morgan fingerprint density at radius 2 is 0.742 bits per heavy atom. The number of rotatable bonds is 7. The average molecular weight is 842 g/mol. The molecular formula is C65H47N. The van der Waals surface area contributed by atoms with Gasteiger partial charge < -0.3 is 4.90 Å². The molecule has 0 saturated heterocycles. The lowest BCUT2D eigenvalue weighted by Crippen LogP contribution is -2.44. The first-order valence-electron chi connectivity index (χ1n) is 23.3. The van der Waals surface area contributed by atoms with Gasteiger partial charge in [0.05, 0.1) is 16.5 Å². The molecule has 0 aliphatic heterocycles. The van der Waals surface area contributed by atoms with E-state index in [1.165, 1.54) is 89.0 Å². The molecule has 0 fully saturated rings. The van der Waals surface area contributed by atoms with Gasteiger partial charge in [0.15, 0.2) is 0 Å². The fraction of sp³-hybridized carbons (Fsp3) is 0.0769. The highest BCUT2D eigenvalue weighted by Gasteiger charge is 2.58. The smallest absolute Gasteiger partial charge is 0.0728 e. The van der Waals surface area contributed by atoms with Gasteiger partial charge in [-0.25, -0.2) is 0 Å². The van der Waals surface area contributed by atoms with Crippen molar-refractivity contribution in [1.82, 2.24) is 0 Å². The van der Waals surface area contributed by atoms with Gasteiger partial charge in [-0.05, 0) is 119 Å². The van der Waals surface area contributed by atoms with Gasteiger partial charge in [0.25, 0.3) is 0 Å². The summed E-state index contributed by atoms with van der Waals surface area (Å²) < 4.78 is 0. The number of hydrogen-bond acceptors (Lipinski definition) is 1. The normalized spacial score (nSPS) is 17.8. The van der Waals surface area contributed by atoms with E-state index in [9.17, 15) is 0 Å². The maximum absolute atomic E-state index is 2.54. The SMILES string of the molecule is CC1(C)c2ccccc2-c2ccc(N(c3ccc(-c4ccccc4)cc3)c3ccccc3C3(c4ccccc4)c4ccccc4C4(c5ccccc5)c5ccccc5-c5cccc3c54)cc21. The number of fused-ring (bicyclic) bond motifs is 8. The van der Waals surface area contributed by atoms with Crippen LogP contribution in [0, 0.1) is 0 Å². The Kier molecular flexibility index (Phi) is 8.45. The molecule has 2 unspecified atom stereocenters. The highest BCUT2D eigenvalue weighted by molar-refractivity contribution is 5.94. The summed E-state index contributed by atoms with van der Waals surface area (Å²) in [5, 5.41) is 0. The largest absolute Gasteiger partial charge is 0.310 e. The van der Waals surface area contributed by atoms with Gasteiger partial charge in [0.1, 0.15) is 0 Å². The predicted octanol–water partition coefficient (Wildman–Crippen LogP) is 16.2. The van der Waals surface area contributed by atoms with Crippen molar-refractivity contribution in [2.75, 3.05) is 4.90 Å². The lowest BCUT2D eigenvalue weighted by atomic mass is 9.51. The molecule has 10 aromatic rings. The van der Waals surface area contributed by atoms with E-state index < -0.39 is 10.8 Å². The molecule has 0 saturated carbocycles. The molecule has 0 spiro atoms. The van der Waals surface area contributed by atoms with Gasteiger partial charge in [-0.3, -0.25) is 0 Å². The maximum Gasteiger partial charge on any atom is 0.0728 e. The molecule has 0 bridgehead atoms. The topological polar surface area (TPSA) is 3.24 Å². The summed E-state index contributed by atoms with van der Waals surface area (Å²) in [4.78, 5) is 2.54. The van der Waals surface area contributed by atoms with Crippen LogP contribution in [0.25, 0.3) is 33.4 Å². The van der Waals surface area contributed by atoms with Gasteiger partial charge in [0.2, 0.25) is 0 Å². The van der Waals surface area contributed by atoms with Crippen molar-refractivity contribution in [3.8, 4) is 33.4 Å². The second-order valence-electron chi connectivity index (χ2n) is 18.7. The molecule has 0 aromatic heterocycles. The van der Waals surface area contributed by atoms with Crippen LogP contribution in [0.4, 0.5) is 17.1 Å².